The SMILES string of the molecule is CCC(CC)C(O)CN1CCN(Cc2ccccc2)CC1. The molecule has 1 aliphatic rings. The van der Waals surface area contributed by atoms with Crippen LogP contribution >= 0.6 is 0 Å². The first-order valence-corrected chi connectivity index (χ1v) is 8.39. The Kier molecular flexibility index (Phi) is 6.68. The second-order valence-electron chi connectivity index (χ2n) is 6.21. The van der Waals surface area contributed by atoms with Crippen molar-refractivity contribution in [3.05, 3.63) is 35.9 Å². The molecular weight excluding hydrogens is 260 g/mol. The first kappa shape index (κ1) is 16.5. The van der Waals surface area contributed by atoms with Crippen molar-refractivity contribution in [2.24, 2.45) is 5.92 Å². The van der Waals surface area contributed by atoms with Gasteiger partial charge in [0.25, 0.3) is 0 Å². The third kappa shape index (κ3) is 5.10. The Morgan fingerprint density at radius 2 is 1.52 bits per heavy atom. The molecule has 1 saturated heterocycles. The minimum atomic E-state index is -0.166. The topological polar surface area (TPSA) is 26.7 Å². The molecule has 1 fully saturated rings. The molecule has 1 aromatic carbocycles. The molecule has 0 saturated carbocycles. The Bertz CT molecular complexity index is 383. The summed E-state index contributed by atoms with van der Waals surface area (Å²) >= 11 is 0. The van der Waals surface area contributed by atoms with E-state index in [1.807, 2.05) is 0 Å². The van der Waals surface area contributed by atoms with Gasteiger partial charge in [-0.3, -0.25) is 9.80 Å². The van der Waals surface area contributed by atoms with Crippen molar-refractivity contribution in [3.8, 4) is 0 Å². The number of β-amino-alcohol motifs (C(OH)–C–C–N with tert-alkyl or cyclic N) is 1. The van der Waals surface area contributed by atoms with Crippen molar-refractivity contribution in [2.45, 2.75) is 39.3 Å². The van der Waals surface area contributed by atoms with Crippen molar-refractivity contribution in [1.29, 1.82) is 0 Å². The highest BCUT2D eigenvalue weighted by molar-refractivity contribution is 5.14. The summed E-state index contributed by atoms with van der Waals surface area (Å²) in [5.74, 6) is 0.451. The van der Waals surface area contributed by atoms with Gasteiger partial charge in [-0.2, -0.15) is 0 Å². The predicted molar refractivity (Wildman–Crippen MR) is 88.2 cm³/mol. The predicted octanol–water partition coefficient (Wildman–Crippen LogP) is 2.60. The van der Waals surface area contributed by atoms with Crippen LogP contribution in [0.5, 0.6) is 0 Å². The van der Waals surface area contributed by atoms with E-state index in [0.717, 1.165) is 52.1 Å². The Hall–Kier alpha value is -0.900. The Morgan fingerprint density at radius 1 is 0.952 bits per heavy atom. The molecule has 1 unspecified atom stereocenters. The average Bonchev–Trinajstić information content (AvgIpc) is 2.51. The fourth-order valence-corrected chi connectivity index (χ4v) is 3.22. The molecule has 21 heavy (non-hydrogen) atoms. The second kappa shape index (κ2) is 8.52. The fraction of sp³-hybridized carbons (Fsp3) is 0.667. The lowest BCUT2D eigenvalue weighted by Crippen LogP contribution is -2.49. The Balaban J connectivity index is 1.73. The molecule has 0 bridgehead atoms. The molecule has 2 rings (SSSR count). The van der Waals surface area contributed by atoms with Crippen LogP contribution in [0.4, 0.5) is 0 Å². The molecule has 0 spiro atoms. The Labute approximate surface area is 129 Å². The average molecular weight is 290 g/mol. The number of aliphatic hydroxyl groups is 1. The summed E-state index contributed by atoms with van der Waals surface area (Å²) in [7, 11) is 0. The zero-order valence-electron chi connectivity index (χ0n) is 13.5. The Morgan fingerprint density at radius 3 is 2.10 bits per heavy atom. The van der Waals surface area contributed by atoms with Crippen molar-refractivity contribution in [2.75, 3.05) is 32.7 Å². The zero-order chi connectivity index (χ0) is 15.1. The summed E-state index contributed by atoms with van der Waals surface area (Å²) < 4.78 is 0. The van der Waals surface area contributed by atoms with E-state index in [9.17, 15) is 5.11 Å². The zero-order valence-corrected chi connectivity index (χ0v) is 13.5. The summed E-state index contributed by atoms with van der Waals surface area (Å²) in [4.78, 5) is 4.93. The van der Waals surface area contributed by atoms with Gasteiger partial charge in [-0.1, -0.05) is 57.0 Å². The quantitative estimate of drug-likeness (QED) is 0.836. The number of aliphatic hydroxyl groups excluding tert-OH is 1. The lowest BCUT2D eigenvalue weighted by molar-refractivity contribution is 0.0370. The van der Waals surface area contributed by atoms with Crippen LogP contribution in [-0.4, -0.2) is 53.7 Å². The van der Waals surface area contributed by atoms with E-state index in [-0.39, 0.29) is 6.10 Å². The van der Waals surface area contributed by atoms with Gasteiger partial charge in [0.15, 0.2) is 0 Å². The third-order valence-electron chi connectivity index (χ3n) is 4.75. The van der Waals surface area contributed by atoms with Crippen molar-refractivity contribution >= 4 is 0 Å². The van der Waals surface area contributed by atoms with Gasteiger partial charge in [-0.05, 0) is 11.5 Å². The molecule has 1 aliphatic heterocycles. The van der Waals surface area contributed by atoms with Crippen LogP contribution in [0.2, 0.25) is 0 Å². The van der Waals surface area contributed by atoms with Crippen molar-refractivity contribution in [3.63, 3.8) is 0 Å². The van der Waals surface area contributed by atoms with Crippen LogP contribution < -0.4 is 0 Å². The van der Waals surface area contributed by atoms with Crippen LogP contribution in [0.25, 0.3) is 0 Å². The molecule has 3 nitrogen and oxygen atoms in total. The molecule has 0 amide bonds. The smallest absolute Gasteiger partial charge is 0.0695 e. The molecule has 1 N–H and O–H groups in total. The third-order valence-corrected chi connectivity index (χ3v) is 4.75. The maximum Gasteiger partial charge on any atom is 0.0695 e. The maximum atomic E-state index is 10.3. The molecule has 0 radical (unpaired) electrons. The molecule has 118 valence electrons. The van der Waals surface area contributed by atoms with E-state index in [4.69, 9.17) is 0 Å². The molecule has 0 aliphatic carbocycles. The number of benzene rings is 1. The lowest BCUT2D eigenvalue weighted by atomic mass is 9.96. The van der Waals surface area contributed by atoms with Gasteiger partial charge >= 0.3 is 0 Å². The number of hydrogen-bond acceptors (Lipinski definition) is 3. The van der Waals surface area contributed by atoms with Gasteiger partial charge in [0, 0.05) is 39.3 Å². The van der Waals surface area contributed by atoms with E-state index < -0.39 is 0 Å². The van der Waals surface area contributed by atoms with E-state index in [2.05, 4.69) is 54.0 Å². The van der Waals surface area contributed by atoms with Crippen LogP contribution in [0.3, 0.4) is 0 Å². The fourth-order valence-electron chi connectivity index (χ4n) is 3.22. The monoisotopic (exact) mass is 290 g/mol. The summed E-state index contributed by atoms with van der Waals surface area (Å²) in [5, 5.41) is 10.3. The van der Waals surface area contributed by atoms with Crippen molar-refractivity contribution in [1.82, 2.24) is 9.80 Å². The number of nitrogens with zero attached hydrogens (tertiary/aromatic N) is 2. The highest BCUT2D eigenvalue weighted by Crippen LogP contribution is 2.15. The van der Waals surface area contributed by atoms with Gasteiger partial charge in [0.1, 0.15) is 0 Å². The van der Waals surface area contributed by atoms with E-state index in [1.54, 1.807) is 0 Å². The number of piperazine rings is 1. The van der Waals surface area contributed by atoms with E-state index >= 15 is 0 Å². The highest BCUT2D eigenvalue weighted by atomic mass is 16.3. The first-order valence-electron chi connectivity index (χ1n) is 8.39. The van der Waals surface area contributed by atoms with Crippen LogP contribution in [0, 0.1) is 5.92 Å². The van der Waals surface area contributed by atoms with E-state index in [1.165, 1.54) is 5.56 Å². The van der Waals surface area contributed by atoms with Gasteiger partial charge in [0.2, 0.25) is 0 Å². The van der Waals surface area contributed by atoms with E-state index in [0.29, 0.717) is 5.92 Å². The van der Waals surface area contributed by atoms with Crippen LogP contribution in [-0.2, 0) is 6.54 Å². The van der Waals surface area contributed by atoms with Gasteiger partial charge in [-0.15, -0.1) is 0 Å². The summed E-state index contributed by atoms with van der Waals surface area (Å²) in [6.45, 7) is 10.6. The molecule has 1 atom stereocenters. The van der Waals surface area contributed by atoms with Crippen LogP contribution in [0.15, 0.2) is 30.3 Å². The second-order valence-corrected chi connectivity index (χ2v) is 6.21. The van der Waals surface area contributed by atoms with Gasteiger partial charge < -0.3 is 5.11 Å². The number of hydrogen-bond donors (Lipinski definition) is 1. The van der Waals surface area contributed by atoms with Gasteiger partial charge in [-0.25, -0.2) is 0 Å². The first-order chi connectivity index (χ1) is 10.2. The molecule has 1 aromatic rings. The van der Waals surface area contributed by atoms with Gasteiger partial charge in [0.05, 0.1) is 6.10 Å². The minimum Gasteiger partial charge on any atom is -0.392 e. The maximum absolute atomic E-state index is 10.3. The highest BCUT2D eigenvalue weighted by Gasteiger charge is 2.22. The molecule has 3 heteroatoms. The van der Waals surface area contributed by atoms with Crippen LogP contribution in [0.1, 0.15) is 32.3 Å². The number of rotatable bonds is 7. The van der Waals surface area contributed by atoms with Crippen molar-refractivity contribution < 1.29 is 5.11 Å². The standard InChI is InChI=1S/C18H30N2O/c1-3-17(4-2)18(21)15-20-12-10-19(11-13-20)14-16-8-6-5-7-9-16/h5-9,17-18,21H,3-4,10-15H2,1-2H3. The molecular formula is C18H30N2O. The minimum absolute atomic E-state index is 0.166. The molecule has 1 heterocycles. The largest absolute Gasteiger partial charge is 0.392 e. The summed E-state index contributed by atoms with van der Waals surface area (Å²) in [5.41, 5.74) is 1.39. The molecule has 0 aromatic heterocycles. The summed E-state index contributed by atoms with van der Waals surface area (Å²) in [6, 6.07) is 10.7. The lowest BCUT2D eigenvalue weighted by Gasteiger charge is -2.36. The summed E-state index contributed by atoms with van der Waals surface area (Å²) in [6.07, 6.45) is 1.98. The normalized spacial score (nSPS) is 19.0.